The Morgan fingerprint density at radius 1 is 1.55 bits per heavy atom. The Bertz CT molecular complexity index is 117. The van der Waals surface area contributed by atoms with Crippen LogP contribution in [0.2, 0.25) is 0 Å². The van der Waals surface area contributed by atoms with Crippen LogP contribution in [-0.4, -0.2) is 35.6 Å². The maximum Gasteiger partial charge on any atom is 0.404 e. The molecule has 0 aliphatic carbocycles. The molecule has 0 radical (unpaired) electrons. The van der Waals surface area contributed by atoms with E-state index >= 15 is 0 Å². The highest BCUT2D eigenvalue weighted by atomic mass is 16.5. The molecule has 0 aromatic heterocycles. The average molecular weight is 163 g/mol. The van der Waals surface area contributed by atoms with Crippen molar-refractivity contribution in [3.63, 3.8) is 0 Å². The molecule has 1 amide bonds. The summed E-state index contributed by atoms with van der Waals surface area (Å²) in [7, 11) is 0. The normalized spacial score (nSPS) is 12.5. The van der Waals surface area contributed by atoms with Crippen LogP contribution in [0.5, 0.6) is 0 Å². The molecular formula is C6H13NO4. The van der Waals surface area contributed by atoms with E-state index in [-0.39, 0.29) is 13.2 Å². The van der Waals surface area contributed by atoms with Crippen LogP contribution in [0.15, 0.2) is 0 Å². The van der Waals surface area contributed by atoms with Gasteiger partial charge in [0, 0.05) is 13.0 Å². The van der Waals surface area contributed by atoms with Crippen LogP contribution in [0.3, 0.4) is 0 Å². The van der Waals surface area contributed by atoms with Crippen LogP contribution in [0.4, 0.5) is 4.79 Å². The molecule has 0 aromatic carbocycles. The molecule has 0 heterocycles. The van der Waals surface area contributed by atoms with Gasteiger partial charge in [0.05, 0.1) is 12.7 Å². The number of hydrogen-bond acceptors (Lipinski definition) is 4. The first-order valence-corrected chi connectivity index (χ1v) is 3.38. The van der Waals surface area contributed by atoms with Crippen molar-refractivity contribution in [1.82, 2.24) is 0 Å². The van der Waals surface area contributed by atoms with Crippen molar-refractivity contribution < 1.29 is 19.7 Å². The van der Waals surface area contributed by atoms with E-state index in [2.05, 4.69) is 10.5 Å². The first-order chi connectivity index (χ1) is 5.16. The third kappa shape index (κ3) is 7.08. The highest BCUT2D eigenvalue weighted by Crippen LogP contribution is 1.96. The summed E-state index contributed by atoms with van der Waals surface area (Å²) in [5.41, 5.74) is 4.66. The maximum absolute atomic E-state index is 10.0. The van der Waals surface area contributed by atoms with E-state index in [9.17, 15) is 4.79 Å². The van der Waals surface area contributed by atoms with Gasteiger partial charge in [-0.25, -0.2) is 4.79 Å². The SMILES string of the molecule is NC(=O)OCCC(O)CCO. The Balaban J connectivity index is 3.16. The number of amides is 1. The largest absolute Gasteiger partial charge is 0.450 e. The fourth-order valence-electron chi connectivity index (χ4n) is 0.589. The number of carbonyl (C=O) groups excluding carboxylic acids is 1. The zero-order chi connectivity index (χ0) is 8.69. The minimum absolute atomic E-state index is 0.0717. The monoisotopic (exact) mass is 163 g/mol. The maximum atomic E-state index is 10.0. The fraction of sp³-hybridized carbons (Fsp3) is 0.833. The third-order valence-corrected chi connectivity index (χ3v) is 1.16. The minimum atomic E-state index is -0.846. The van der Waals surface area contributed by atoms with Crippen LogP contribution in [0.1, 0.15) is 12.8 Å². The Labute approximate surface area is 64.8 Å². The molecule has 1 unspecified atom stereocenters. The van der Waals surface area contributed by atoms with Gasteiger partial charge in [-0.2, -0.15) is 0 Å². The first-order valence-electron chi connectivity index (χ1n) is 3.38. The van der Waals surface area contributed by atoms with Crippen molar-refractivity contribution in [2.75, 3.05) is 13.2 Å². The van der Waals surface area contributed by atoms with Gasteiger partial charge in [0.2, 0.25) is 0 Å². The molecule has 5 heteroatoms. The second-order valence-electron chi connectivity index (χ2n) is 2.12. The Morgan fingerprint density at radius 2 is 2.18 bits per heavy atom. The molecule has 0 aliphatic rings. The number of ether oxygens (including phenoxy) is 1. The topological polar surface area (TPSA) is 92.8 Å². The Hall–Kier alpha value is -0.810. The van der Waals surface area contributed by atoms with Crippen molar-refractivity contribution in [2.45, 2.75) is 18.9 Å². The van der Waals surface area contributed by atoms with Crippen molar-refractivity contribution in [3.05, 3.63) is 0 Å². The lowest BCUT2D eigenvalue weighted by molar-refractivity contribution is 0.0920. The van der Waals surface area contributed by atoms with Crippen molar-refractivity contribution in [3.8, 4) is 0 Å². The predicted molar refractivity (Wildman–Crippen MR) is 37.9 cm³/mol. The highest BCUT2D eigenvalue weighted by Gasteiger charge is 2.03. The van der Waals surface area contributed by atoms with Gasteiger partial charge in [-0.05, 0) is 6.42 Å². The summed E-state index contributed by atoms with van der Waals surface area (Å²) in [5, 5.41) is 17.3. The highest BCUT2D eigenvalue weighted by molar-refractivity contribution is 5.64. The lowest BCUT2D eigenvalue weighted by atomic mass is 10.2. The quantitative estimate of drug-likeness (QED) is 0.495. The van der Waals surface area contributed by atoms with Crippen LogP contribution >= 0.6 is 0 Å². The van der Waals surface area contributed by atoms with Crippen LogP contribution in [-0.2, 0) is 4.74 Å². The molecule has 0 rings (SSSR count). The summed E-state index contributed by atoms with van der Waals surface area (Å²) in [6, 6.07) is 0. The molecule has 0 saturated carbocycles. The number of hydrogen-bond donors (Lipinski definition) is 3. The van der Waals surface area contributed by atoms with Crippen molar-refractivity contribution in [2.24, 2.45) is 5.73 Å². The Kier molecular flexibility index (Phi) is 5.50. The van der Waals surface area contributed by atoms with E-state index in [4.69, 9.17) is 10.2 Å². The summed E-state index contributed by atoms with van der Waals surface area (Å²) in [6.45, 7) is 0.0221. The summed E-state index contributed by atoms with van der Waals surface area (Å²) in [6.07, 6.45) is -0.869. The zero-order valence-electron chi connectivity index (χ0n) is 6.19. The summed E-state index contributed by atoms with van der Waals surface area (Å²) < 4.78 is 4.36. The van der Waals surface area contributed by atoms with Gasteiger partial charge in [0.25, 0.3) is 0 Å². The van der Waals surface area contributed by atoms with E-state index in [1.807, 2.05) is 0 Å². The smallest absolute Gasteiger partial charge is 0.404 e. The lowest BCUT2D eigenvalue weighted by Gasteiger charge is -2.07. The third-order valence-electron chi connectivity index (χ3n) is 1.16. The Morgan fingerprint density at radius 3 is 2.64 bits per heavy atom. The number of nitrogens with two attached hydrogens (primary N) is 1. The van der Waals surface area contributed by atoms with E-state index in [0.717, 1.165) is 0 Å². The zero-order valence-corrected chi connectivity index (χ0v) is 6.19. The average Bonchev–Trinajstić information content (AvgIpc) is 1.87. The van der Waals surface area contributed by atoms with Gasteiger partial charge in [-0.15, -0.1) is 0 Å². The number of aliphatic hydroxyl groups excluding tert-OH is 2. The second kappa shape index (κ2) is 5.94. The van der Waals surface area contributed by atoms with Gasteiger partial charge in [0.1, 0.15) is 0 Å². The number of rotatable bonds is 5. The number of carbonyl (C=O) groups is 1. The van der Waals surface area contributed by atoms with Gasteiger partial charge in [-0.3, -0.25) is 0 Å². The number of aliphatic hydroxyl groups is 2. The van der Waals surface area contributed by atoms with Gasteiger partial charge in [0.15, 0.2) is 0 Å². The van der Waals surface area contributed by atoms with Crippen LogP contribution < -0.4 is 5.73 Å². The molecule has 4 N–H and O–H groups in total. The van der Waals surface area contributed by atoms with E-state index in [1.165, 1.54) is 0 Å². The summed E-state index contributed by atoms with van der Waals surface area (Å²) in [4.78, 5) is 10.0. The molecule has 0 fully saturated rings. The molecule has 0 aromatic rings. The molecule has 0 saturated heterocycles. The summed E-state index contributed by atoms with van der Waals surface area (Å²) >= 11 is 0. The standard InChI is InChI=1S/C6H13NO4/c7-6(10)11-4-2-5(9)1-3-8/h5,8-9H,1-4H2,(H2,7,10). The predicted octanol–water partition coefficient (Wildman–Crippen LogP) is -0.785. The van der Waals surface area contributed by atoms with Gasteiger partial charge >= 0.3 is 6.09 Å². The van der Waals surface area contributed by atoms with E-state index in [1.54, 1.807) is 0 Å². The van der Waals surface area contributed by atoms with E-state index < -0.39 is 12.2 Å². The van der Waals surface area contributed by atoms with Crippen molar-refractivity contribution in [1.29, 1.82) is 0 Å². The van der Waals surface area contributed by atoms with Gasteiger partial charge < -0.3 is 20.7 Å². The molecule has 5 nitrogen and oxygen atoms in total. The van der Waals surface area contributed by atoms with Crippen molar-refractivity contribution >= 4 is 6.09 Å². The fourth-order valence-corrected chi connectivity index (χ4v) is 0.589. The molecule has 11 heavy (non-hydrogen) atoms. The van der Waals surface area contributed by atoms with Crippen LogP contribution in [0.25, 0.3) is 0 Å². The summed E-state index contributed by atoms with van der Waals surface area (Å²) in [5.74, 6) is 0. The molecule has 66 valence electrons. The molecule has 0 bridgehead atoms. The lowest BCUT2D eigenvalue weighted by Crippen LogP contribution is -2.18. The van der Waals surface area contributed by atoms with Crippen LogP contribution in [0, 0.1) is 0 Å². The molecule has 0 aliphatic heterocycles. The first kappa shape index (κ1) is 10.2. The minimum Gasteiger partial charge on any atom is -0.450 e. The molecular weight excluding hydrogens is 150 g/mol. The number of primary amides is 1. The van der Waals surface area contributed by atoms with Gasteiger partial charge in [-0.1, -0.05) is 0 Å². The van der Waals surface area contributed by atoms with E-state index in [0.29, 0.717) is 12.8 Å². The molecule has 1 atom stereocenters. The second-order valence-corrected chi connectivity index (χ2v) is 2.12. The molecule has 0 spiro atoms.